The Morgan fingerprint density at radius 2 is 1.75 bits per heavy atom. The van der Waals surface area contributed by atoms with Gasteiger partial charge in [0, 0.05) is 0 Å². The van der Waals surface area contributed by atoms with Crippen LogP contribution in [0.3, 0.4) is 0 Å². The van der Waals surface area contributed by atoms with Gasteiger partial charge in [-0.1, -0.05) is 0 Å². The van der Waals surface area contributed by atoms with Crippen LogP contribution in [-0.4, -0.2) is 44.4 Å². The highest BCUT2D eigenvalue weighted by molar-refractivity contribution is 8.02. The van der Waals surface area contributed by atoms with Gasteiger partial charge < -0.3 is 9.84 Å². The van der Waals surface area contributed by atoms with Crippen LogP contribution in [0.5, 0.6) is 0 Å². The zero-order valence-electron chi connectivity index (χ0n) is 8.72. The first-order valence-corrected chi connectivity index (χ1v) is 6.53. The molecule has 4 atom stereocenters. The van der Waals surface area contributed by atoms with Crippen LogP contribution in [0.1, 0.15) is 13.8 Å². The molecule has 4 unspecified atom stereocenters. The topological polar surface area (TPSA) is 63.6 Å². The predicted octanol–water partition coefficient (Wildman–Crippen LogP) is 1.72. The second kappa shape index (κ2) is 5.47. The van der Waals surface area contributed by atoms with E-state index in [0.29, 0.717) is 0 Å². The van der Waals surface area contributed by atoms with Crippen molar-refractivity contribution in [3.8, 4) is 0 Å². The highest BCUT2D eigenvalue weighted by Gasteiger charge is 2.49. The van der Waals surface area contributed by atoms with Crippen molar-refractivity contribution in [1.29, 1.82) is 0 Å². The van der Waals surface area contributed by atoms with Gasteiger partial charge in [-0.3, -0.25) is 9.59 Å². The first-order valence-electron chi connectivity index (χ1n) is 4.71. The lowest BCUT2D eigenvalue weighted by Crippen LogP contribution is -2.32. The molecule has 0 aromatic rings. The van der Waals surface area contributed by atoms with Crippen molar-refractivity contribution in [3.05, 3.63) is 0 Å². The molecule has 1 fully saturated rings. The van der Waals surface area contributed by atoms with Gasteiger partial charge in [-0.2, -0.15) is 0 Å². The van der Waals surface area contributed by atoms with Gasteiger partial charge in [0.15, 0.2) is 0 Å². The third kappa shape index (κ3) is 2.96. The van der Waals surface area contributed by atoms with E-state index in [2.05, 4.69) is 0 Å². The van der Waals surface area contributed by atoms with Crippen LogP contribution < -0.4 is 0 Å². The molecule has 0 bridgehead atoms. The summed E-state index contributed by atoms with van der Waals surface area (Å²) in [6, 6.07) is 0. The number of aliphatic carboxylic acids is 1. The van der Waals surface area contributed by atoms with Gasteiger partial charge in [0.05, 0.1) is 16.9 Å². The van der Waals surface area contributed by atoms with E-state index in [1.807, 2.05) is 0 Å². The number of ether oxygens (including phenoxy) is 1. The maximum Gasteiger partial charge on any atom is 0.320 e. The third-order valence-corrected chi connectivity index (χ3v) is 5.05. The van der Waals surface area contributed by atoms with E-state index in [1.165, 1.54) is 0 Å². The molecule has 0 aliphatic carbocycles. The Morgan fingerprint density at radius 1 is 1.25 bits per heavy atom. The average Bonchev–Trinajstić information content (AvgIpc) is 2.43. The molecule has 1 N–H and O–H groups in total. The van der Waals surface area contributed by atoms with E-state index in [0.717, 1.165) is 11.8 Å². The molecule has 92 valence electrons. The fourth-order valence-electron chi connectivity index (χ4n) is 1.32. The van der Waals surface area contributed by atoms with Crippen LogP contribution >= 0.6 is 35.0 Å². The zero-order chi connectivity index (χ0) is 12.5. The predicted molar refractivity (Wildman–Crippen MR) is 63.3 cm³/mol. The van der Waals surface area contributed by atoms with E-state index in [9.17, 15) is 9.59 Å². The molecule has 1 heterocycles. The summed E-state index contributed by atoms with van der Waals surface area (Å²) in [7, 11) is 0. The summed E-state index contributed by atoms with van der Waals surface area (Å²) in [5, 5.41) is 5.79. The number of carbonyl (C=O) groups is 2. The van der Waals surface area contributed by atoms with Crippen LogP contribution in [0, 0.1) is 0 Å². The fourth-order valence-corrected chi connectivity index (χ4v) is 3.59. The maximum absolute atomic E-state index is 11.6. The lowest BCUT2D eigenvalue weighted by molar-refractivity contribution is -0.146. The van der Waals surface area contributed by atoms with Crippen LogP contribution in [0.4, 0.5) is 0 Å². The lowest BCUT2D eigenvalue weighted by atomic mass is 10.2. The summed E-state index contributed by atoms with van der Waals surface area (Å²) in [4.78, 5) is 22.4. The first-order chi connectivity index (χ1) is 7.34. The normalized spacial score (nSPS) is 34.1. The van der Waals surface area contributed by atoms with Crippen LogP contribution in [0.2, 0.25) is 0 Å². The number of hydrogen-bond acceptors (Lipinski definition) is 4. The molecule has 1 rings (SSSR count). The number of hydrogen-bond donors (Lipinski definition) is 1. The third-order valence-electron chi connectivity index (χ3n) is 2.00. The standard InChI is InChI=1S/C9H12Cl2O4S/c1-3(2)15-9(14)7-5(11)4(10)6(16-7)8(12)13/h3-7H,1-2H3,(H,12,13). The van der Waals surface area contributed by atoms with Crippen LogP contribution in [-0.2, 0) is 14.3 Å². The monoisotopic (exact) mass is 286 g/mol. The van der Waals surface area contributed by atoms with Crippen molar-refractivity contribution >= 4 is 46.9 Å². The molecule has 0 amide bonds. The molecule has 0 aromatic carbocycles. The number of rotatable bonds is 3. The van der Waals surface area contributed by atoms with Gasteiger partial charge >= 0.3 is 11.9 Å². The molecule has 7 heteroatoms. The number of halogens is 2. The summed E-state index contributed by atoms with van der Waals surface area (Å²) in [5.41, 5.74) is 0. The van der Waals surface area contributed by atoms with Crippen LogP contribution in [0.25, 0.3) is 0 Å². The number of alkyl halides is 2. The summed E-state index contributed by atoms with van der Waals surface area (Å²) in [6.45, 7) is 3.43. The average molecular weight is 287 g/mol. The Labute approximate surface area is 108 Å². The minimum atomic E-state index is -1.06. The largest absolute Gasteiger partial charge is 0.480 e. The minimum Gasteiger partial charge on any atom is -0.480 e. The van der Waals surface area contributed by atoms with E-state index < -0.39 is 33.2 Å². The Morgan fingerprint density at radius 3 is 2.12 bits per heavy atom. The molecule has 1 saturated heterocycles. The van der Waals surface area contributed by atoms with Crippen molar-refractivity contribution in [2.24, 2.45) is 0 Å². The second-order valence-electron chi connectivity index (χ2n) is 3.69. The maximum atomic E-state index is 11.6. The SMILES string of the molecule is CC(C)OC(=O)C1SC(C(=O)O)C(Cl)C1Cl. The molecule has 0 spiro atoms. The number of carboxylic acid groups (broad SMARTS) is 1. The Kier molecular flexibility index (Phi) is 4.76. The molecular formula is C9H12Cl2O4S. The minimum absolute atomic E-state index is 0.255. The Bertz CT molecular complexity index is 297. The van der Waals surface area contributed by atoms with Gasteiger partial charge in [0.25, 0.3) is 0 Å². The number of carbonyl (C=O) groups excluding carboxylic acids is 1. The van der Waals surface area contributed by atoms with Crippen LogP contribution in [0.15, 0.2) is 0 Å². The van der Waals surface area contributed by atoms with Gasteiger partial charge in [0.2, 0.25) is 0 Å². The molecule has 0 saturated carbocycles. The van der Waals surface area contributed by atoms with Gasteiger partial charge in [-0.05, 0) is 13.8 Å². The second-order valence-corrected chi connectivity index (χ2v) is 5.99. The van der Waals surface area contributed by atoms with E-state index in [-0.39, 0.29) is 6.10 Å². The Balaban J connectivity index is 2.70. The summed E-state index contributed by atoms with van der Waals surface area (Å²) in [5.74, 6) is -1.56. The smallest absolute Gasteiger partial charge is 0.320 e. The number of thioether (sulfide) groups is 1. The summed E-state index contributed by atoms with van der Waals surface area (Å²) in [6.07, 6.45) is -0.255. The molecule has 4 nitrogen and oxygen atoms in total. The summed E-state index contributed by atoms with van der Waals surface area (Å²) >= 11 is 12.7. The number of esters is 1. The molecule has 1 aliphatic heterocycles. The van der Waals surface area contributed by atoms with E-state index in [1.54, 1.807) is 13.8 Å². The lowest BCUT2D eigenvalue weighted by Gasteiger charge is -2.15. The highest BCUT2D eigenvalue weighted by Crippen LogP contribution is 2.41. The van der Waals surface area contributed by atoms with Crippen molar-refractivity contribution in [1.82, 2.24) is 0 Å². The van der Waals surface area contributed by atoms with Crippen molar-refractivity contribution in [3.63, 3.8) is 0 Å². The highest BCUT2D eigenvalue weighted by atomic mass is 35.5. The molecule has 16 heavy (non-hydrogen) atoms. The molecule has 0 radical (unpaired) electrons. The first kappa shape index (κ1) is 13.9. The fraction of sp³-hybridized carbons (Fsp3) is 0.778. The van der Waals surface area contributed by atoms with Gasteiger partial charge in [0.1, 0.15) is 10.5 Å². The van der Waals surface area contributed by atoms with Crippen molar-refractivity contribution in [2.45, 2.75) is 41.2 Å². The van der Waals surface area contributed by atoms with Gasteiger partial charge in [-0.15, -0.1) is 35.0 Å². The van der Waals surface area contributed by atoms with Crippen molar-refractivity contribution < 1.29 is 19.4 Å². The van der Waals surface area contributed by atoms with Crippen molar-refractivity contribution in [2.75, 3.05) is 0 Å². The zero-order valence-corrected chi connectivity index (χ0v) is 11.1. The van der Waals surface area contributed by atoms with E-state index in [4.69, 9.17) is 33.0 Å². The quantitative estimate of drug-likeness (QED) is 0.632. The summed E-state index contributed by atoms with van der Waals surface area (Å²) < 4.78 is 4.99. The number of carboxylic acids is 1. The van der Waals surface area contributed by atoms with E-state index >= 15 is 0 Å². The Hall–Kier alpha value is -0.130. The molecule has 1 aliphatic rings. The molecule has 0 aromatic heterocycles. The molecular weight excluding hydrogens is 275 g/mol. The van der Waals surface area contributed by atoms with Gasteiger partial charge in [-0.25, -0.2) is 0 Å².